The van der Waals surface area contributed by atoms with Crippen molar-refractivity contribution in [2.75, 3.05) is 60.9 Å². The van der Waals surface area contributed by atoms with Gasteiger partial charge in [-0.1, -0.05) is 0 Å². The van der Waals surface area contributed by atoms with Gasteiger partial charge in [-0.15, -0.1) is 0 Å². The lowest BCUT2D eigenvalue weighted by Crippen LogP contribution is -2.54. The Labute approximate surface area is 321 Å². The first kappa shape index (κ1) is 36.5. The number of aryl methyl sites for hydroxylation is 1. The molecule has 288 valence electrons. The van der Waals surface area contributed by atoms with E-state index < -0.39 is 35.6 Å². The Balaban J connectivity index is 0.794. The molecule has 6 amide bonds. The Kier molecular flexibility index (Phi) is 9.93. The minimum atomic E-state index is -0.984. The number of likely N-dealkylation sites (tertiary alicyclic amines) is 1. The highest BCUT2D eigenvalue weighted by Gasteiger charge is 2.45. The highest BCUT2D eigenvalue weighted by atomic mass is 32.1. The Morgan fingerprint density at radius 2 is 1.75 bits per heavy atom. The molecule has 0 spiro atoms. The van der Waals surface area contributed by atoms with Crippen molar-refractivity contribution in [3.05, 3.63) is 53.0 Å². The molecule has 0 bridgehead atoms. The van der Waals surface area contributed by atoms with Crippen LogP contribution in [-0.4, -0.2) is 117 Å². The summed E-state index contributed by atoms with van der Waals surface area (Å²) in [7, 11) is 0. The summed E-state index contributed by atoms with van der Waals surface area (Å²) < 4.78 is 4.27. The van der Waals surface area contributed by atoms with E-state index in [-0.39, 0.29) is 53.3 Å². The van der Waals surface area contributed by atoms with E-state index in [0.29, 0.717) is 18.3 Å². The van der Waals surface area contributed by atoms with Gasteiger partial charge in [-0.25, -0.2) is 9.97 Å². The number of primary amides is 1. The van der Waals surface area contributed by atoms with Gasteiger partial charge in [-0.3, -0.25) is 39.0 Å². The zero-order valence-electron chi connectivity index (χ0n) is 30.5. The number of anilines is 4. The number of carbonyl (C=O) groups excluding carboxylic acids is 6. The number of hydrogen-bond acceptors (Lipinski definition) is 14. The molecule has 4 fully saturated rings. The van der Waals surface area contributed by atoms with Crippen molar-refractivity contribution >= 4 is 69.3 Å². The number of nitrogens with two attached hydrogens (primary N) is 1. The van der Waals surface area contributed by atoms with E-state index in [1.54, 1.807) is 18.3 Å². The first-order valence-electron chi connectivity index (χ1n) is 18.8. The molecule has 0 radical (unpaired) electrons. The molecular formula is C37H43N11O6S. The number of amides is 6. The first-order valence-corrected chi connectivity index (χ1v) is 19.5. The second-order valence-corrected chi connectivity index (χ2v) is 15.9. The van der Waals surface area contributed by atoms with Gasteiger partial charge in [0.2, 0.25) is 17.7 Å². The molecule has 0 saturated carbocycles. The van der Waals surface area contributed by atoms with Crippen molar-refractivity contribution in [1.29, 1.82) is 0 Å². The summed E-state index contributed by atoms with van der Waals surface area (Å²) in [5.74, 6) is -1.36. The fraction of sp³-hybridized carbons (Fsp3) is 0.486. The van der Waals surface area contributed by atoms with Gasteiger partial charge in [-0.05, 0) is 87.9 Å². The minimum Gasteiger partial charge on any atom is -0.371 e. The van der Waals surface area contributed by atoms with Crippen LogP contribution in [0.25, 0.3) is 0 Å². The van der Waals surface area contributed by atoms with E-state index in [2.05, 4.69) is 40.0 Å². The fourth-order valence-corrected chi connectivity index (χ4v) is 8.92. The van der Waals surface area contributed by atoms with Crippen LogP contribution < -0.4 is 31.5 Å². The number of benzene rings is 1. The van der Waals surface area contributed by atoms with Crippen molar-refractivity contribution in [2.45, 2.75) is 57.5 Å². The van der Waals surface area contributed by atoms with Crippen molar-refractivity contribution in [1.82, 2.24) is 34.8 Å². The molecule has 5 aliphatic rings. The number of rotatable bonds is 10. The quantitative estimate of drug-likeness (QED) is 0.215. The molecule has 4 saturated heterocycles. The van der Waals surface area contributed by atoms with Crippen LogP contribution in [0.4, 0.5) is 22.3 Å². The van der Waals surface area contributed by atoms with Crippen LogP contribution in [0.15, 0.2) is 30.5 Å². The third kappa shape index (κ3) is 7.47. The molecule has 55 heavy (non-hydrogen) atoms. The largest absolute Gasteiger partial charge is 0.371 e. The van der Waals surface area contributed by atoms with E-state index in [1.165, 1.54) is 11.5 Å². The van der Waals surface area contributed by atoms with Crippen molar-refractivity contribution in [3.63, 3.8) is 0 Å². The van der Waals surface area contributed by atoms with Crippen molar-refractivity contribution in [3.8, 4) is 0 Å². The summed E-state index contributed by atoms with van der Waals surface area (Å²) in [6, 6.07) is 6.07. The predicted octanol–water partition coefficient (Wildman–Crippen LogP) is 1.42. The van der Waals surface area contributed by atoms with Gasteiger partial charge in [0.15, 0.2) is 11.5 Å². The third-order valence-corrected chi connectivity index (χ3v) is 12.0. The van der Waals surface area contributed by atoms with E-state index in [1.807, 2.05) is 19.1 Å². The number of nitrogens with one attached hydrogen (secondary N) is 3. The van der Waals surface area contributed by atoms with Gasteiger partial charge in [0, 0.05) is 62.7 Å². The predicted molar refractivity (Wildman–Crippen MR) is 202 cm³/mol. The van der Waals surface area contributed by atoms with E-state index >= 15 is 0 Å². The van der Waals surface area contributed by atoms with Crippen molar-refractivity contribution < 1.29 is 28.8 Å². The number of nitrogens with zero attached hydrogens (tertiary/aromatic N) is 7. The second-order valence-electron chi connectivity index (χ2n) is 15.1. The average molecular weight is 770 g/mol. The van der Waals surface area contributed by atoms with Crippen LogP contribution >= 0.6 is 11.5 Å². The Bertz CT molecular complexity index is 2060. The monoisotopic (exact) mass is 769 g/mol. The van der Waals surface area contributed by atoms with Gasteiger partial charge in [0.25, 0.3) is 17.7 Å². The third-order valence-electron chi connectivity index (χ3n) is 11.2. The Hall–Kier alpha value is -5.49. The first-order chi connectivity index (χ1) is 26.5. The van der Waals surface area contributed by atoms with Gasteiger partial charge in [0.05, 0.1) is 23.0 Å². The normalized spacial score (nSPS) is 22.4. The molecule has 5 N–H and O–H groups in total. The summed E-state index contributed by atoms with van der Waals surface area (Å²) in [6.07, 6.45) is 5.07. The lowest BCUT2D eigenvalue weighted by molar-refractivity contribution is -0.136. The van der Waals surface area contributed by atoms with Gasteiger partial charge in [0.1, 0.15) is 16.9 Å². The molecule has 2 atom stereocenters. The Morgan fingerprint density at radius 1 is 0.964 bits per heavy atom. The minimum absolute atomic E-state index is 0.0356. The smallest absolute Gasteiger partial charge is 0.271 e. The number of aromatic nitrogens is 3. The van der Waals surface area contributed by atoms with Crippen LogP contribution in [0.5, 0.6) is 0 Å². The number of carbonyl (C=O) groups is 6. The molecule has 1 aromatic carbocycles. The van der Waals surface area contributed by atoms with Crippen LogP contribution in [0.2, 0.25) is 0 Å². The van der Waals surface area contributed by atoms with Gasteiger partial charge >= 0.3 is 0 Å². The molecule has 7 heterocycles. The Morgan fingerprint density at radius 3 is 2.47 bits per heavy atom. The molecular weight excluding hydrogens is 727 g/mol. The molecule has 17 nitrogen and oxygen atoms in total. The maximum absolute atomic E-state index is 13.4. The second kappa shape index (κ2) is 15.0. The standard InChI is InChI=1S/C37H43N11O6S/c1-20-13-30(55-44-20)43-33-31(32(38)50)39-15-28(41-33)46-10-2-3-23(19-46)40-34(51)22-8-11-45(12-9-22)16-21-17-47(18-21)24-4-5-25-26(14-24)37(54)48(36(25)53)27-6-7-29(49)42-35(27)52/h4-5,13-15,21-23,27H,2-3,6-12,16-19H2,1H3,(H2,38,50)(H,40,51)(H,41,43)(H,42,49,52)/t23-,27?/m1/s1. The van der Waals surface area contributed by atoms with Crippen molar-refractivity contribution in [2.24, 2.45) is 17.6 Å². The van der Waals surface area contributed by atoms with Gasteiger partial charge in [-0.2, -0.15) is 4.37 Å². The highest BCUT2D eigenvalue weighted by molar-refractivity contribution is 7.10. The number of fused-ring (bicyclic) bond motifs is 1. The molecule has 0 aliphatic carbocycles. The zero-order chi connectivity index (χ0) is 38.4. The van der Waals surface area contributed by atoms with Crippen LogP contribution in [0, 0.1) is 18.8 Å². The lowest BCUT2D eigenvalue weighted by atomic mass is 9.92. The maximum atomic E-state index is 13.4. The highest BCUT2D eigenvalue weighted by Crippen LogP contribution is 2.34. The molecule has 3 aromatic rings. The average Bonchev–Trinajstić information content (AvgIpc) is 3.67. The fourth-order valence-electron chi connectivity index (χ4n) is 8.26. The lowest BCUT2D eigenvalue weighted by Gasteiger charge is -2.44. The molecule has 5 aliphatic heterocycles. The summed E-state index contributed by atoms with van der Waals surface area (Å²) in [5, 5.41) is 9.39. The van der Waals surface area contributed by atoms with Crippen LogP contribution in [0.1, 0.15) is 75.4 Å². The number of hydrogen-bond donors (Lipinski definition) is 4. The SMILES string of the molecule is Cc1cc(Nc2nc(N3CCC[C@@H](NC(=O)C4CCN(CC5CN(c6ccc7c(c6)C(=O)N(C6CCC(=O)NC6=O)C7=O)C5)CC4)C3)cnc2C(N)=O)sn1. The van der Waals surface area contributed by atoms with E-state index in [0.717, 1.165) is 86.2 Å². The van der Waals surface area contributed by atoms with Crippen LogP contribution in [0.3, 0.4) is 0 Å². The molecule has 18 heteroatoms. The summed E-state index contributed by atoms with van der Waals surface area (Å²) in [6.45, 7) is 7.44. The molecule has 8 rings (SSSR count). The molecule has 1 unspecified atom stereocenters. The summed E-state index contributed by atoms with van der Waals surface area (Å²) in [4.78, 5) is 92.5. The van der Waals surface area contributed by atoms with E-state index in [9.17, 15) is 28.8 Å². The van der Waals surface area contributed by atoms with E-state index in [4.69, 9.17) is 10.7 Å². The maximum Gasteiger partial charge on any atom is 0.271 e. The number of piperidine rings is 3. The van der Waals surface area contributed by atoms with Crippen LogP contribution in [-0.2, 0) is 14.4 Å². The molecule has 2 aromatic heterocycles. The summed E-state index contributed by atoms with van der Waals surface area (Å²) in [5.41, 5.74) is 7.89. The topological polar surface area (TPSA) is 216 Å². The number of imide groups is 2. The zero-order valence-corrected chi connectivity index (χ0v) is 31.3. The van der Waals surface area contributed by atoms with Gasteiger partial charge < -0.3 is 31.1 Å². The summed E-state index contributed by atoms with van der Waals surface area (Å²) >= 11 is 1.26.